The van der Waals surface area contributed by atoms with Gasteiger partial charge in [0.15, 0.2) is 0 Å². The van der Waals surface area contributed by atoms with E-state index in [4.69, 9.17) is 0 Å². The van der Waals surface area contributed by atoms with Crippen molar-refractivity contribution in [1.29, 1.82) is 0 Å². The van der Waals surface area contributed by atoms with Crippen LogP contribution in [0.1, 0.15) is 33.4 Å². The fourth-order valence-corrected chi connectivity index (χ4v) is 4.11. The average Bonchev–Trinajstić information content (AvgIpc) is 2.94. The van der Waals surface area contributed by atoms with E-state index in [9.17, 15) is 9.59 Å². The van der Waals surface area contributed by atoms with Crippen LogP contribution in [-0.2, 0) is 9.59 Å². The highest BCUT2D eigenvalue weighted by Crippen LogP contribution is 2.36. The van der Waals surface area contributed by atoms with Crippen molar-refractivity contribution >= 4 is 28.8 Å². The summed E-state index contributed by atoms with van der Waals surface area (Å²) >= 11 is 0. The molecule has 0 aromatic heterocycles. The number of nitrogens with zero attached hydrogens (tertiary/aromatic N) is 1. The number of para-hydroxylation sites is 1. The van der Waals surface area contributed by atoms with Crippen LogP contribution < -0.4 is 10.2 Å². The summed E-state index contributed by atoms with van der Waals surface area (Å²) in [5, 5.41) is 3.28. The van der Waals surface area contributed by atoms with Gasteiger partial charge in [-0.15, -0.1) is 0 Å². The van der Waals surface area contributed by atoms with E-state index in [1.54, 1.807) is 0 Å². The second-order valence-corrected chi connectivity index (χ2v) is 8.24. The van der Waals surface area contributed by atoms with Crippen molar-refractivity contribution in [3.8, 4) is 0 Å². The van der Waals surface area contributed by atoms with Crippen molar-refractivity contribution < 1.29 is 9.59 Å². The van der Waals surface area contributed by atoms with E-state index in [2.05, 4.69) is 5.32 Å². The van der Waals surface area contributed by atoms with Gasteiger partial charge >= 0.3 is 0 Å². The molecule has 4 rings (SSSR count). The third kappa shape index (κ3) is 3.66. The Morgan fingerprint density at radius 2 is 1.32 bits per heavy atom. The molecule has 1 N–H and O–H groups in total. The molecule has 0 spiro atoms. The van der Waals surface area contributed by atoms with Gasteiger partial charge in [-0.1, -0.05) is 59.7 Å². The summed E-state index contributed by atoms with van der Waals surface area (Å²) < 4.78 is 0. The smallest absolute Gasteiger partial charge is 0.282 e. The number of hydrogen-bond donors (Lipinski definition) is 1. The fraction of sp³-hybridized carbons (Fsp3) is 0.185. The molecule has 0 atom stereocenters. The third-order valence-corrected chi connectivity index (χ3v) is 5.73. The predicted octanol–water partition coefficient (Wildman–Crippen LogP) is 5.63. The van der Waals surface area contributed by atoms with Crippen molar-refractivity contribution in [2.75, 3.05) is 10.2 Å². The maximum Gasteiger partial charge on any atom is 0.282 e. The first-order valence-corrected chi connectivity index (χ1v) is 10.4. The molecule has 2 amide bonds. The quantitative estimate of drug-likeness (QED) is 0.568. The lowest BCUT2D eigenvalue weighted by molar-refractivity contribution is -0.120. The minimum atomic E-state index is -0.338. The van der Waals surface area contributed by atoms with Crippen LogP contribution in [0.25, 0.3) is 5.57 Å². The van der Waals surface area contributed by atoms with E-state index in [-0.39, 0.29) is 11.8 Å². The molecular formula is C27H26N2O2. The van der Waals surface area contributed by atoms with Crippen LogP contribution in [0.3, 0.4) is 0 Å². The minimum Gasteiger partial charge on any atom is -0.350 e. The number of nitrogens with one attached hydrogen (secondary N) is 1. The summed E-state index contributed by atoms with van der Waals surface area (Å²) in [7, 11) is 0. The molecular weight excluding hydrogens is 384 g/mol. The van der Waals surface area contributed by atoms with Gasteiger partial charge in [-0.25, -0.2) is 4.90 Å². The first kappa shape index (κ1) is 20.6. The van der Waals surface area contributed by atoms with Gasteiger partial charge in [-0.05, 0) is 69.0 Å². The maximum absolute atomic E-state index is 13.7. The van der Waals surface area contributed by atoms with Crippen LogP contribution in [-0.4, -0.2) is 11.8 Å². The molecule has 0 fully saturated rings. The Morgan fingerprint density at radius 1 is 0.677 bits per heavy atom. The monoisotopic (exact) mass is 410 g/mol. The predicted molar refractivity (Wildman–Crippen MR) is 126 cm³/mol. The molecule has 0 unspecified atom stereocenters. The highest BCUT2D eigenvalue weighted by atomic mass is 16.2. The summed E-state index contributed by atoms with van der Waals surface area (Å²) in [5.74, 6) is -0.643. The normalized spacial score (nSPS) is 13.9. The van der Waals surface area contributed by atoms with Crippen molar-refractivity contribution in [3.63, 3.8) is 0 Å². The molecule has 0 aliphatic carbocycles. The maximum atomic E-state index is 13.7. The second-order valence-electron chi connectivity index (χ2n) is 8.24. The van der Waals surface area contributed by atoms with Gasteiger partial charge in [0, 0.05) is 5.69 Å². The first-order chi connectivity index (χ1) is 14.8. The molecule has 0 saturated heterocycles. The van der Waals surface area contributed by atoms with E-state index in [0.29, 0.717) is 17.0 Å². The molecule has 3 aromatic rings. The molecule has 0 radical (unpaired) electrons. The molecule has 1 aliphatic rings. The van der Waals surface area contributed by atoms with Gasteiger partial charge in [0.25, 0.3) is 11.8 Å². The molecule has 3 aromatic carbocycles. The highest BCUT2D eigenvalue weighted by Gasteiger charge is 2.41. The molecule has 1 heterocycles. The van der Waals surface area contributed by atoms with E-state index in [1.165, 1.54) is 4.90 Å². The molecule has 0 bridgehead atoms. The Labute approximate surface area is 183 Å². The van der Waals surface area contributed by atoms with Gasteiger partial charge in [-0.2, -0.15) is 0 Å². The number of aryl methyl sites for hydroxylation is 5. The number of rotatable bonds is 4. The molecule has 0 saturated carbocycles. The Hall–Kier alpha value is -3.66. The highest BCUT2D eigenvalue weighted by molar-refractivity contribution is 6.46. The summed E-state index contributed by atoms with van der Waals surface area (Å²) in [6, 6.07) is 19.4. The van der Waals surface area contributed by atoms with Crippen molar-refractivity contribution in [2.45, 2.75) is 34.6 Å². The first-order valence-electron chi connectivity index (χ1n) is 10.4. The van der Waals surface area contributed by atoms with Crippen LogP contribution >= 0.6 is 0 Å². The summed E-state index contributed by atoms with van der Waals surface area (Å²) in [6.07, 6.45) is 0. The van der Waals surface area contributed by atoms with Crippen LogP contribution in [0, 0.1) is 34.6 Å². The molecule has 31 heavy (non-hydrogen) atoms. The van der Waals surface area contributed by atoms with Crippen LogP contribution in [0.4, 0.5) is 11.4 Å². The summed E-state index contributed by atoms with van der Waals surface area (Å²) in [6.45, 7) is 9.88. The number of carbonyl (C=O) groups excluding carboxylic acids is 2. The Morgan fingerprint density at radius 3 is 1.97 bits per heavy atom. The van der Waals surface area contributed by atoms with Crippen molar-refractivity contribution in [1.82, 2.24) is 0 Å². The van der Waals surface area contributed by atoms with E-state index >= 15 is 0 Å². The van der Waals surface area contributed by atoms with Gasteiger partial charge in [0.05, 0.1) is 11.3 Å². The zero-order valence-corrected chi connectivity index (χ0v) is 18.5. The lowest BCUT2D eigenvalue weighted by Gasteiger charge is -2.18. The molecule has 4 heteroatoms. The van der Waals surface area contributed by atoms with Crippen molar-refractivity contribution in [3.05, 3.63) is 99.7 Å². The standard InChI is InChI=1S/C27H26N2O2/c1-16-10-12-21(19(4)14-16)24-25(28-22-9-7-6-8-18(22)3)27(31)29(26(24)30)23-13-11-17(2)15-20(23)5/h6-15,28H,1-5H3. The Balaban J connectivity index is 1.89. The topological polar surface area (TPSA) is 49.4 Å². The number of imide groups is 1. The molecule has 156 valence electrons. The number of carbonyl (C=O) groups is 2. The van der Waals surface area contributed by atoms with E-state index in [0.717, 1.165) is 39.1 Å². The molecule has 4 nitrogen and oxygen atoms in total. The number of anilines is 2. The fourth-order valence-electron chi connectivity index (χ4n) is 4.11. The zero-order chi connectivity index (χ0) is 22.3. The lowest BCUT2D eigenvalue weighted by atomic mass is 9.97. The largest absolute Gasteiger partial charge is 0.350 e. The zero-order valence-electron chi connectivity index (χ0n) is 18.5. The van der Waals surface area contributed by atoms with Crippen LogP contribution in [0.15, 0.2) is 66.4 Å². The van der Waals surface area contributed by atoms with Gasteiger partial charge in [0.2, 0.25) is 0 Å². The second kappa shape index (κ2) is 7.88. The van der Waals surface area contributed by atoms with E-state index in [1.807, 2.05) is 95.3 Å². The van der Waals surface area contributed by atoms with E-state index < -0.39 is 0 Å². The van der Waals surface area contributed by atoms with Gasteiger partial charge in [-0.3, -0.25) is 9.59 Å². The SMILES string of the molecule is Cc1ccc(C2=C(Nc3ccccc3C)C(=O)N(c3ccc(C)cc3C)C2=O)c(C)c1. The number of amides is 2. The summed E-state index contributed by atoms with van der Waals surface area (Å²) in [4.78, 5) is 28.6. The Kier molecular flexibility index (Phi) is 5.24. The number of hydrogen-bond acceptors (Lipinski definition) is 3. The van der Waals surface area contributed by atoms with Gasteiger partial charge < -0.3 is 5.32 Å². The average molecular weight is 411 g/mol. The molecule has 1 aliphatic heterocycles. The number of benzene rings is 3. The van der Waals surface area contributed by atoms with Crippen LogP contribution in [0.5, 0.6) is 0 Å². The Bertz CT molecular complexity index is 1250. The van der Waals surface area contributed by atoms with Crippen LogP contribution in [0.2, 0.25) is 0 Å². The lowest BCUT2D eigenvalue weighted by Crippen LogP contribution is -2.33. The summed E-state index contributed by atoms with van der Waals surface area (Å²) in [5.41, 5.74) is 7.96. The van der Waals surface area contributed by atoms with Crippen molar-refractivity contribution in [2.24, 2.45) is 0 Å². The van der Waals surface area contributed by atoms with Gasteiger partial charge in [0.1, 0.15) is 5.70 Å². The third-order valence-electron chi connectivity index (χ3n) is 5.73. The minimum absolute atomic E-state index is 0.306.